The van der Waals surface area contributed by atoms with E-state index in [-0.39, 0.29) is 12.5 Å². The molecule has 0 atom stereocenters. The third-order valence-corrected chi connectivity index (χ3v) is 4.17. The number of ether oxygens (including phenoxy) is 1. The maximum Gasteiger partial charge on any atom is 0.246 e. The number of rotatable bonds is 8. The van der Waals surface area contributed by atoms with Gasteiger partial charge < -0.3 is 14.6 Å². The molecule has 0 bridgehead atoms. The SMILES string of the molecule is O=C(CCCOc1ccc(Cl)cc1Cl)NCc1nc(-c2ccccc2)no1. The van der Waals surface area contributed by atoms with Crippen LogP contribution >= 0.6 is 23.2 Å². The first-order valence-electron chi connectivity index (χ1n) is 8.34. The summed E-state index contributed by atoms with van der Waals surface area (Å²) in [5.74, 6) is 1.26. The predicted octanol–water partition coefficient (Wildman–Crippen LogP) is 4.52. The minimum Gasteiger partial charge on any atom is -0.492 e. The first-order chi connectivity index (χ1) is 13.1. The Labute approximate surface area is 166 Å². The first kappa shape index (κ1) is 19.2. The zero-order valence-corrected chi connectivity index (χ0v) is 15.8. The Hall–Kier alpha value is -2.57. The highest BCUT2D eigenvalue weighted by atomic mass is 35.5. The lowest BCUT2D eigenvalue weighted by atomic mass is 10.2. The Morgan fingerprint density at radius 3 is 2.74 bits per heavy atom. The summed E-state index contributed by atoms with van der Waals surface area (Å²) in [6.07, 6.45) is 0.856. The molecule has 0 spiro atoms. The van der Waals surface area contributed by atoms with Gasteiger partial charge in [-0.1, -0.05) is 58.7 Å². The fourth-order valence-corrected chi connectivity index (χ4v) is 2.76. The van der Waals surface area contributed by atoms with Crippen LogP contribution in [0.4, 0.5) is 0 Å². The Balaban J connectivity index is 1.38. The molecule has 6 nitrogen and oxygen atoms in total. The van der Waals surface area contributed by atoms with Crippen molar-refractivity contribution in [2.24, 2.45) is 0 Å². The lowest BCUT2D eigenvalue weighted by Gasteiger charge is -2.08. The van der Waals surface area contributed by atoms with E-state index in [1.54, 1.807) is 18.2 Å². The van der Waals surface area contributed by atoms with Gasteiger partial charge in [0.1, 0.15) is 5.75 Å². The normalized spacial score (nSPS) is 10.6. The third-order valence-electron chi connectivity index (χ3n) is 3.64. The van der Waals surface area contributed by atoms with Gasteiger partial charge in [-0.25, -0.2) is 0 Å². The molecular formula is C19H17Cl2N3O3. The number of hydrogen-bond donors (Lipinski definition) is 1. The Kier molecular flexibility index (Phi) is 6.68. The van der Waals surface area contributed by atoms with Crippen LogP contribution in [0.3, 0.4) is 0 Å². The quantitative estimate of drug-likeness (QED) is 0.557. The van der Waals surface area contributed by atoms with E-state index >= 15 is 0 Å². The second kappa shape index (κ2) is 9.39. The van der Waals surface area contributed by atoms with Gasteiger partial charge in [0.25, 0.3) is 0 Å². The highest BCUT2D eigenvalue weighted by Crippen LogP contribution is 2.27. The number of carbonyl (C=O) groups excluding carboxylic acids is 1. The lowest BCUT2D eigenvalue weighted by Crippen LogP contribution is -2.23. The molecule has 1 heterocycles. The van der Waals surface area contributed by atoms with E-state index in [1.807, 2.05) is 30.3 Å². The predicted molar refractivity (Wildman–Crippen MR) is 103 cm³/mol. The van der Waals surface area contributed by atoms with E-state index in [4.69, 9.17) is 32.5 Å². The summed E-state index contributed by atoms with van der Waals surface area (Å²) in [7, 11) is 0. The molecule has 0 aliphatic rings. The molecule has 0 aliphatic carbocycles. The summed E-state index contributed by atoms with van der Waals surface area (Å²) >= 11 is 11.9. The van der Waals surface area contributed by atoms with Crippen molar-refractivity contribution in [3.05, 3.63) is 64.5 Å². The van der Waals surface area contributed by atoms with E-state index in [0.717, 1.165) is 5.56 Å². The van der Waals surface area contributed by atoms with Crippen molar-refractivity contribution in [3.8, 4) is 17.1 Å². The molecule has 27 heavy (non-hydrogen) atoms. The van der Waals surface area contributed by atoms with Crippen molar-refractivity contribution in [2.75, 3.05) is 6.61 Å². The standard InChI is InChI=1S/C19H17Cl2N3O3/c20-14-8-9-16(15(21)11-14)26-10-4-7-17(25)22-12-18-23-19(24-27-18)13-5-2-1-3-6-13/h1-3,5-6,8-9,11H,4,7,10,12H2,(H,22,25). The molecule has 3 aromatic rings. The average molecular weight is 406 g/mol. The number of hydrogen-bond acceptors (Lipinski definition) is 5. The van der Waals surface area contributed by atoms with Crippen LogP contribution in [0, 0.1) is 0 Å². The van der Waals surface area contributed by atoms with Crippen LogP contribution in [0.2, 0.25) is 10.0 Å². The van der Waals surface area contributed by atoms with Crippen LogP contribution in [-0.4, -0.2) is 22.7 Å². The number of nitrogens with one attached hydrogen (secondary N) is 1. The number of benzene rings is 2. The summed E-state index contributed by atoms with van der Waals surface area (Å²) in [5.41, 5.74) is 0.858. The molecule has 0 unspecified atom stereocenters. The van der Waals surface area contributed by atoms with Crippen LogP contribution in [0.15, 0.2) is 53.1 Å². The van der Waals surface area contributed by atoms with Crippen molar-refractivity contribution in [2.45, 2.75) is 19.4 Å². The number of halogens is 2. The molecule has 0 aliphatic heterocycles. The van der Waals surface area contributed by atoms with Gasteiger partial charge in [0.05, 0.1) is 18.2 Å². The molecule has 0 radical (unpaired) electrons. The topological polar surface area (TPSA) is 77.2 Å². The van der Waals surface area contributed by atoms with Crippen molar-refractivity contribution in [1.82, 2.24) is 15.5 Å². The molecule has 1 aromatic heterocycles. The molecule has 3 rings (SSSR count). The van der Waals surface area contributed by atoms with E-state index in [1.165, 1.54) is 0 Å². The van der Waals surface area contributed by atoms with Gasteiger partial charge in [0, 0.05) is 17.0 Å². The molecular weight excluding hydrogens is 389 g/mol. The number of carbonyl (C=O) groups is 1. The minimum atomic E-state index is -0.125. The van der Waals surface area contributed by atoms with Crippen molar-refractivity contribution >= 4 is 29.1 Å². The van der Waals surface area contributed by atoms with Crippen LogP contribution in [-0.2, 0) is 11.3 Å². The van der Waals surface area contributed by atoms with Crippen molar-refractivity contribution in [1.29, 1.82) is 0 Å². The summed E-state index contributed by atoms with van der Waals surface area (Å²) < 4.78 is 10.7. The highest BCUT2D eigenvalue weighted by molar-refractivity contribution is 6.35. The number of amides is 1. The Morgan fingerprint density at radius 2 is 1.96 bits per heavy atom. The summed E-state index contributed by atoms with van der Waals surface area (Å²) in [6.45, 7) is 0.552. The Bertz CT molecular complexity index is 900. The van der Waals surface area contributed by atoms with Crippen LogP contribution in [0.25, 0.3) is 11.4 Å². The maximum absolute atomic E-state index is 11.9. The zero-order chi connectivity index (χ0) is 19.1. The van der Waals surface area contributed by atoms with E-state index in [0.29, 0.717) is 47.0 Å². The molecule has 0 fully saturated rings. The van der Waals surface area contributed by atoms with Gasteiger partial charge in [-0.15, -0.1) is 0 Å². The molecule has 1 amide bonds. The van der Waals surface area contributed by atoms with Gasteiger partial charge >= 0.3 is 0 Å². The number of aromatic nitrogens is 2. The summed E-state index contributed by atoms with van der Waals surface area (Å²) in [4.78, 5) is 16.2. The molecule has 0 saturated heterocycles. The number of nitrogens with zero attached hydrogens (tertiary/aromatic N) is 2. The lowest BCUT2D eigenvalue weighted by molar-refractivity contribution is -0.121. The fraction of sp³-hybridized carbons (Fsp3) is 0.211. The van der Waals surface area contributed by atoms with Crippen LogP contribution < -0.4 is 10.1 Å². The van der Waals surface area contributed by atoms with Gasteiger partial charge in [0.15, 0.2) is 0 Å². The highest BCUT2D eigenvalue weighted by Gasteiger charge is 2.10. The zero-order valence-electron chi connectivity index (χ0n) is 14.3. The van der Waals surface area contributed by atoms with E-state index in [2.05, 4.69) is 15.5 Å². The largest absolute Gasteiger partial charge is 0.492 e. The molecule has 1 N–H and O–H groups in total. The monoisotopic (exact) mass is 405 g/mol. The molecule has 8 heteroatoms. The second-order valence-corrected chi connectivity index (χ2v) is 6.52. The molecule has 2 aromatic carbocycles. The van der Waals surface area contributed by atoms with Crippen molar-refractivity contribution in [3.63, 3.8) is 0 Å². The van der Waals surface area contributed by atoms with Gasteiger partial charge in [0.2, 0.25) is 17.6 Å². The van der Waals surface area contributed by atoms with Gasteiger partial charge in [-0.2, -0.15) is 4.98 Å². The van der Waals surface area contributed by atoms with Crippen LogP contribution in [0.5, 0.6) is 5.75 Å². The van der Waals surface area contributed by atoms with Gasteiger partial charge in [-0.05, 0) is 24.6 Å². The first-order valence-corrected chi connectivity index (χ1v) is 9.10. The minimum absolute atomic E-state index is 0.125. The van der Waals surface area contributed by atoms with Crippen LogP contribution in [0.1, 0.15) is 18.7 Å². The molecule has 140 valence electrons. The van der Waals surface area contributed by atoms with E-state index < -0.39 is 0 Å². The summed E-state index contributed by atoms with van der Waals surface area (Å²) in [5, 5.41) is 7.64. The average Bonchev–Trinajstić information content (AvgIpc) is 3.15. The molecule has 0 saturated carbocycles. The second-order valence-electron chi connectivity index (χ2n) is 5.68. The van der Waals surface area contributed by atoms with Crippen molar-refractivity contribution < 1.29 is 14.1 Å². The smallest absolute Gasteiger partial charge is 0.246 e. The van der Waals surface area contributed by atoms with Gasteiger partial charge in [-0.3, -0.25) is 4.79 Å². The fourth-order valence-electron chi connectivity index (χ4n) is 2.30. The summed E-state index contributed by atoms with van der Waals surface area (Å²) in [6, 6.07) is 14.5. The maximum atomic E-state index is 11.9. The van der Waals surface area contributed by atoms with E-state index in [9.17, 15) is 4.79 Å². The third kappa shape index (κ3) is 5.70. The Morgan fingerprint density at radius 1 is 1.15 bits per heavy atom.